The number of rotatable bonds is 2. The largest absolute Gasteiger partial charge is 0.388 e. The van der Waals surface area contributed by atoms with Gasteiger partial charge in [-0.25, -0.2) is 0 Å². The minimum Gasteiger partial charge on any atom is -0.388 e. The van der Waals surface area contributed by atoms with E-state index in [4.69, 9.17) is 5.26 Å². The lowest BCUT2D eigenvalue weighted by molar-refractivity contribution is -0.124. The molecule has 80 valence electrons. The highest BCUT2D eigenvalue weighted by Crippen LogP contribution is 2.48. The minimum absolute atomic E-state index is 0.109. The van der Waals surface area contributed by atoms with Crippen LogP contribution in [0.3, 0.4) is 0 Å². The maximum Gasteiger partial charge on any atom is 0.0855 e. The molecule has 0 radical (unpaired) electrons. The lowest BCUT2D eigenvalue weighted by Crippen LogP contribution is -2.52. The van der Waals surface area contributed by atoms with E-state index in [1.54, 1.807) is 0 Å². The number of nitrogens with zero attached hydrogens (tertiary/aromatic N) is 1. The molecule has 0 amide bonds. The molecule has 1 N–H and O–H groups in total. The molecule has 1 aliphatic carbocycles. The van der Waals surface area contributed by atoms with Gasteiger partial charge >= 0.3 is 0 Å². The zero-order valence-electron chi connectivity index (χ0n) is 9.51. The van der Waals surface area contributed by atoms with Gasteiger partial charge in [-0.1, -0.05) is 33.6 Å². The number of hydrogen-bond acceptors (Lipinski definition) is 2. The van der Waals surface area contributed by atoms with Gasteiger partial charge in [0.25, 0.3) is 0 Å². The Bertz CT molecular complexity index is 241. The van der Waals surface area contributed by atoms with Crippen molar-refractivity contribution in [3.8, 4) is 6.07 Å². The molecular formula is C12H21NO. The second-order valence-corrected chi connectivity index (χ2v) is 5.11. The van der Waals surface area contributed by atoms with Crippen molar-refractivity contribution in [2.45, 2.75) is 58.5 Å². The lowest BCUT2D eigenvalue weighted by Gasteiger charge is -2.48. The van der Waals surface area contributed by atoms with Crippen LogP contribution in [0.2, 0.25) is 0 Å². The van der Waals surface area contributed by atoms with Crippen LogP contribution in [-0.4, -0.2) is 10.7 Å². The van der Waals surface area contributed by atoms with Gasteiger partial charge in [0.2, 0.25) is 0 Å². The first-order chi connectivity index (χ1) is 6.48. The quantitative estimate of drug-likeness (QED) is 0.736. The Morgan fingerprint density at radius 3 is 2.36 bits per heavy atom. The number of hydrogen-bond donors (Lipinski definition) is 1. The van der Waals surface area contributed by atoms with E-state index in [-0.39, 0.29) is 11.3 Å². The molecule has 0 aliphatic heterocycles. The van der Waals surface area contributed by atoms with Gasteiger partial charge < -0.3 is 5.11 Å². The highest BCUT2D eigenvalue weighted by Gasteiger charge is 2.49. The summed E-state index contributed by atoms with van der Waals surface area (Å²) >= 11 is 0. The van der Waals surface area contributed by atoms with Crippen molar-refractivity contribution >= 4 is 0 Å². The van der Waals surface area contributed by atoms with Crippen LogP contribution in [-0.2, 0) is 0 Å². The summed E-state index contributed by atoms with van der Waals surface area (Å²) in [5.41, 5.74) is -0.879. The van der Waals surface area contributed by atoms with Crippen molar-refractivity contribution in [2.24, 2.45) is 11.3 Å². The molecule has 0 spiro atoms. The molecule has 2 heteroatoms. The molecule has 2 nitrogen and oxygen atoms in total. The molecule has 1 rings (SSSR count). The maximum atomic E-state index is 10.6. The van der Waals surface area contributed by atoms with E-state index in [0.29, 0.717) is 0 Å². The van der Waals surface area contributed by atoms with Gasteiger partial charge in [0, 0.05) is 0 Å². The highest BCUT2D eigenvalue weighted by atomic mass is 16.3. The Morgan fingerprint density at radius 2 is 1.93 bits per heavy atom. The molecular weight excluding hydrogens is 174 g/mol. The van der Waals surface area contributed by atoms with Crippen molar-refractivity contribution in [3.05, 3.63) is 0 Å². The monoisotopic (exact) mass is 195 g/mol. The summed E-state index contributed by atoms with van der Waals surface area (Å²) in [5, 5.41) is 19.7. The first kappa shape index (κ1) is 11.5. The molecule has 0 saturated heterocycles. The molecule has 1 fully saturated rings. The summed E-state index contributed by atoms with van der Waals surface area (Å²) in [6, 6.07) is 2.27. The summed E-state index contributed by atoms with van der Waals surface area (Å²) in [4.78, 5) is 0. The van der Waals surface area contributed by atoms with Crippen molar-refractivity contribution in [3.63, 3.8) is 0 Å². The summed E-state index contributed by atoms with van der Waals surface area (Å²) in [7, 11) is 0. The van der Waals surface area contributed by atoms with Gasteiger partial charge in [-0.2, -0.15) is 5.26 Å². The third-order valence-electron chi connectivity index (χ3n) is 3.92. The zero-order chi connectivity index (χ0) is 10.8. The standard InChI is InChI=1S/C12H21NO/c1-4-10(9-13)12(14)8-6-5-7-11(12,2)3/h10,14H,4-8H2,1-3H3. The number of nitriles is 1. The normalized spacial score (nSPS) is 33.4. The fourth-order valence-corrected chi connectivity index (χ4v) is 2.70. The van der Waals surface area contributed by atoms with E-state index in [1.807, 2.05) is 6.92 Å². The van der Waals surface area contributed by atoms with E-state index in [9.17, 15) is 5.11 Å². The molecule has 1 saturated carbocycles. The lowest BCUT2D eigenvalue weighted by atomic mass is 9.60. The average Bonchev–Trinajstić information content (AvgIpc) is 2.12. The van der Waals surface area contributed by atoms with E-state index >= 15 is 0 Å². The second kappa shape index (κ2) is 3.90. The molecule has 2 atom stereocenters. The summed E-state index contributed by atoms with van der Waals surface area (Å²) < 4.78 is 0. The van der Waals surface area contributed by atoms with E-state index in [2.05, 4.69) is 19.9 Å². The molecule has 0 heterocycles. The van der Waals surface area contributed by atoms with Crippen LogP contribution in [0.25, 0.3) is 0 Å². The Kier molecular flexibility index (Phi) is 3.21. The van der Waals surface area contributed by atoms with Crippen molar-refractivity contribution < 1.29 is 5.11 Å². The SMILES string of the molecule is CCC(C#N)C1(O)CCCCC1(C)C. The van der Waals surface area contributed by atoms with Crippen LogP contribution in [0.5, 0.6) is 0 Å². The Balaban J connectivity index is 2.94. The van der Waals surface area contributed by atoms with E-state index < -0.39 is 5.60 Å². The average molecular weight is 195 g/mol. The van der Waals surface area contributed by atoms with Crippen molar-refractivity contribution in [2.75, 3.05) is 0 Å². The second-order valence-electron chi connectivity index (χ2n) is 5.11. The van der Waals surface area contributed by atoms with Gasteiger partial charge in [-0.3, -0.25) is 0 Å². The van der Waals surface area contributed by atoms with Gasteiger partial charge in [-0.15, -0.1) is 0 Å². The molecule has 2 unspecified atom stereocenters. The summed E-state index contributed by atoms with van der Waals surface area (Å²) in [5.74, 6) is -0.210. The Labute approximate surface area is 86.9 Å². The van der Waals surface area contributed by atoms with Crippen LogP contribution in [0.1, 0.15) is 52.9 Å². The van der Waals surface area contributed by atoms with Gasteiger partial charge in [0.05, 0.1) is 17.6 Å². The molecule has 0 aromatic rings. The molecule has 0 bridgehead atoms. The number of aliphatic hydroxyl groups is 1. The topological polar surface area (TPSA) is 44.0 Å². The van der Waals surface area contributed by atoms with Crippen LogP contribution in [0.15, 0.2) is 0 Å². The zero-order valence-corrected chi connectivity index (χ0v) is 9.51. The predicted octanol–water partition coefficient (Wildman–Crippen LogP) is 2.87. The molecule has 0 aromatic heterocycles. The van der Waals surface area contributed by atoms with Gasteiger partial charge in [-0.05, 0) is 24.7 Å². The van der Waals surface area contributed by atoms with E-state index in [0.717, 1.165) is 25.7 Å². The fraction of sp³-hybridized carbons (Fsp3) is 0.917. The van der Waals surface area contributed by atoms with Crippen LogP contribution < -0.4 is 0 Å². The van der Waals surface area contributed by atoms with Crippen LogP contribution in [0, 0.1) is 22.7 Å². The predicted molar refractivity (Wildman–Crippen MR) is 56.6 cm³/mol. The fourth-order valence-electron chi connectivity index (χ4n) is 2.70. The molecule has 14 heavy (non-hydrogen) atoms. The molecule has 0 aromatic carbocycles. The third kappa shape index (κ3) is 1.66. The Morgan fingerprint density at radius 1 is 1.36 bits per heavy atom. The van der Waals surface area contributed by atoms with Gasteiger partial charge in [0.15, 0.2) is 0 Å². The Hall–Kier alpha value is -0.550. The van der Waals surface area contributed by atoms with E-state index in [1.165, 1.54) is 6.42 Å². The van der Waals surface area contributed by atoms with Gasteiger partial charge in [0.1, 0.15) is 0 Å². The van der Waals surface area contributed by atoms with Crippen LogP contribution in [0.4, 0.5) is 0 Å². The van der Waals surface area contributed by atoms with Crippen molar-refractivity contribution in [1.82, 2.24) is 0 Å². The first-order valence-electron chi connectivity index (χ1n) is 5.60. The third-order valence-corrected chi connectivity index (χ3v) is 3.92. The van der Waals surface area contributed by atoms with Crippen molar-refractivity contribution in [1.29, 1.82) is 5.26 Å². The molecule has 1 aliphatic rings. The van der Waals surface area contributed by atoms with Crippen LogP contribution >= 0.6 is 0 Å². The maximum absolute atomic E-state index is 10.6. The minimum atomic E-state index is -0.769. The summed E-state index contributed by atoms with van der Waals surface area (Å²) in [6.07, 6.45) is 4.79. The summed E-state index contributed by atoms with van der Waals surface area (Å²) in [6.45, 7) is 6.16. The highest BCUT2D eigenvalue weighted by molar-refractivity contribution is 5.07. The first-order valence-corrected chi connectivity index (χ1v) is 5.60. The smallest absolute Gasteiger partial charge is 0.0855 e.